The molecule has 2 atom stereocenters. The van der Waals surface area contributed by atoms with Crippen molar-refractivity contribution < 1.29 is 0 Å². The van der Waals surface area contributed by atoms with Crippen molar-refractivity contribution >= 4 is 0 Å². The van der Waals surface area contributed by atoms with E-state index in [1.807, 2.05) is 0 Å². The topological polar surface area (TPSA) is 15.3 Å². The minimum atomic E-state index is 0.374. The third kappa shape index (κ3) is 2.75. The quantitative estimate of drug-likeness (QED) is 0.825. The Hall–Kier alpha value is -0.0800. The molecule has 1 aliphatic carbocycles. The molecular formula is C16H32N2. The van der Waals surface area contributed by atoms with Gasteiger partial charge in [0.2, 0.25) is 0 Å². The predicted octanol–water partition coefficient (Wildman–Crippen LogP) is 3.42. The Labute approximate surface area is 114 Å². The van der Waals surface area contributed by atoms with Crippen LogP contribution in [0.2, 0.25) is 0 Å². The van der Waals surface area contributed by atoms with E-state index >= 15 is 0 Å². The van der Waals surface area contributed by atoms with Crippen molar-refractivity contribution in [1.29, 1.82) is 0 Å². The average molecular weight is 252 g/mol. The largest absolute Gasteiger partial charge is 0.308 e. The molecule has 1 saturated carbocycles. The van der Waals surface area contributed by atoms with Crippen molar-refractivity contribution in [3.8, 4) is 0 Å². The molecule has 18 heavy (non-hydrogen) atoms. The highest BCUT2D eigenvalue weighted by molar-refractivity contribution is 4.98. The van der Waals surface area contributed by atoms with Crippen LogP contribution in [0.4, 0.5) is 0 Å². The van der Waals surface area contributed by atoms with Crippen LogP contribution in [0.5, 0.6) is 0 Å². The molecular weight excluding hydrogens is 220 g/mol. The number of piperazine rings is 1. The first-order chi connectivity index (χ1) is 8.62. The molecule has 0 aromatic carbocycles. The van der Waals surface area contributed by atoms with Gasteiger partial charge in [-0.2, -0.15) is 0 Å². The highest BCUT2D eigenvalue weighted by atomic mass is 15.3. The zero-order valence-corrected chi connectivity index (χ0v) is 12.8. The number of hydrogen-bond acceptors (Lipinski definition) is 2. The van der Waals surface area contributed by atoms with Gasteiger partial charge in [0.15, 0.2) is 0 Å². The summed E-state index contributed by atoms with van der Waals surface area (Å²) in [4.78, 5) is 2.81. The average Bonchev–Trinajstić information content (AvgIpc) is 2.93. The molecule has 2 fully saturated rings. The van der Waals surface area contributed by atoms with Gasteiger partial charge in [0.25, 0.3) is 0 Å². The maximum atomic E-state index is 3.82. The molecule has 106 valence electrons. The second-order valence-corrected chi connectivity index (χ2v) is 6.67. The van der Waals surface area contributed by atoms with Gasteiger partial charge in [0.05, 0.1) is 0 Å². The predicted molar refractivity (Wildman–Crippen MR) is 78.9 cm³/mol. The summed E-state index contributed by atoms with van der Waals surface area (Å²) in [6, 6.07) is 1.48. The highest BCUT2D eigenvalue weighted by Crippen LogP contribution is 2.33. The van der Waals surface area contributed by atoms with Crippen LogP contribution in [0.1, 0.15) is 66.2 Å². The van der Waals surface area contributed by atoms with Crippen molar-refractivity contribution in [1.82, 2.24) is 10.2 Å². The molecule has 0 bridgehead atoms. The highest BCUT2D eigenvalue weighted by Gasteiger charge is 2.39. The molecule has 1 saturated heterocycles. The fourth-order valence-corrected chi connectivity index (χ4v) is 4.02. The van der Waals surface area contributed by atoms with Crippen molar-refractivity contribution in [2.24, 2.45) is 5.92 Å². The zero-order chi connectivity index (χ0) is 13.2. The van der Waals surface area contributed by atoms with E-state index < -0.39 is 0 Å². The summed E-state index contributed by atoms with van der Waals surface area (Å²) < 4.78 is 0. The van der Waals surface area contributed by atoms with Gasteiger partial charge in [0.1, 0.15) is 0 Å². The smallest absolute Gasteiger partial charge is 0.0304 e. The van der Waals surface area contributed by atoms with Crippen LogP contribution < -0.4 is 5.32 Å². The van der Waals surface area contributed by atoms with E-state index in [0.29, 0.717) is 11.6 Å². The first-order valence-corrected chi connectivity index (χ1v) is 8.12. The maximum absolute atomic E-state index is 3.82. The molecule has 0 aromatic rings. The van der Waals surface area contributed by atoms with Gasteiger partial charge in [-0.15, -0.1) is 0 Å². The molecule has 0 spiro atoms. The van der Waals surface area contributed by atoms with Gasteiger partial charge in [-0.05, 0) is 45.4 Å². The number of nitrogens with zero attached hydrogens (tertiary/aromatic N) is 1. The zero-order valence-electron chi connectivity index (χ0n) is 12.8. The maximum Gasteiger partial charge on any atom is 0.0304 e. The van der Waals surface area contributed by atoms with Gasteiger partial charge in [-0.3, -0.25) is 4.90 Å². The Morgan fingerprint density at radius 2 is 1.83 bits per heavy atom. The van der Waals surface area contributed by atoms with Crippen LogP contribution >= 0.6 is 0 Å². The lowest BCUT2D eigenvalue weighted by atomic mass is 9.86. The fourth-order valence-electron chi connectivity index (χ4n) is 4.02. The van der Waals surface area contributed by atoms with Gasteiger partial charge in [0, 0.05) is 30.7 Å². The molecule has 2 heteroatoms. The number of rotatable bonds is 4. The molecule has 0 radical (unpaired) electrons. The summed E-state index contributed by atoms with van der Waals surface area (Å²) in [5.41, 5.74) is 0.374. The lowest BCUT2D eigenvalue weighted by Crippen LogP contribution is -2.65. The van der Waals surface area contributed by atoms with Crippen molar-refractivity contribution in [3.63, 3.8) is 0 Å². The van der Waals surface area contributed by atoms with Crippen LogP contribution in [0.3, 0.4) is 0 Å². The molecule has 1 heterocycles. The standard InChI is InChI=1S/C16H32N2/c1-5-16(6-2)12-18(13(3)11-17-16)14(4)15-9-7-8-10-15/h13-15,17H,5-12H2,1-4H3. The molecule has 2 rings (SSSR count). The normalized spacial score (nSPS) is 31.7. The van der Waals surface area contributed by atoms with Gasteiger partial charge in [-0.25, -0.2) is 0 Å². The molecule has 2 unspecified atom stereocenters. The van der Waals surface area contributed by atoms with Gasteiger partial charge >= 0.3 is 0 Å². The molecule has 0 aromatic heterocycles. The van der Waals surface area contributed by atoms with Crippen LogP contribution in [-0.2, 0) is 0 Å². The Bertz CT molecular complexity index is 254. The lowest BCUT2D eigenvalue weighted by Gasteiger charge is -2.50. The summed E-state index contributed by atoms with van der Waals surface area (Å²) in [6.45, 7) is 12.0. The Balaban J connectivity index is 2.04. The third-order valence-corrected chi connectivity index (χ3v) is 5.78. The van der Waals surface area contributed by atoms with E-state index in [-0.39, 0.29) is 0 Å². The number of hydrogen-bond donors (Lipinski definition) is 1. The van der Waals surface area contributed by atoms with Crippen LogP contribution in [0.25, 0.3) is 0 Å². The monoisotopic (exact) mass is 252 g/mol. The summed E-state index contributed by atoms with van der Waals surface area (Å²) in [7, 11) is 0. The molecule has 1 aliphatic heterocycles. The van der Waals surface area contributed by atoms with E-state index in [1.165, 1.54) is 51.6 Å². The van der Waals surface area contributed by atoms with Crippen LogP contribution in [-0.4, -0.2) is 35.6 Å². The Morgan fingerprint density at radius 1 is 1.22 bits per heavy atom. The molecule has 2 aliphatic rings. The van der Waals surface area contributed by atoms with Crippen molar-refractivity contribution in [2.45, 2.75) is 83.8 Å². The molecule has 0 amide bonds. The van der Waals surface area contributed by atoms with Crippen molar-refractivity contribution in [3.05, 3.63) is 0 Å². The van der Waals surface area contributed by atoms with Gasteiger partial charge in [-0.1, -0.05) is 26.7 Å². The van der Waals surface area contributed by atoms with E-state index in [9.17, 15) is 0 Å². The SMILES string of the molecule is CCC1(CC)CN(C(C)C2CCCC2)C(C)CN1. The first kappa shape index (κ1) is 14.3. The summed E-state index contributed by atoms with van der Waals surface area (Å²) in [5, 5.41) is 3.82. The summed E-state index contributed by atoms with van der Waals surface area (Å²) in [6.07, 6.45) is 8.35. The minimum Gasteiger partial charge on any atom is -0.308 e. The van der Waals surface area contributed by atoms with Crippen molar-refractivity contribution in [2.75, 3.05) is 13.1 Å². The third-order valence-electron chi connectivity index (χ3n) is 5.78. The lowest BCUT2D eigenvalue weighted by molar-refractivity contribution is 0.0293. The minimum absolute atomic E-state index is 0.374. The first-order valence-electron chi connectivity index (χ1n) is 8.12. The Morgan fingerprint density at radius 3 is 2.39 bits per heavy atom. The fraction of sp³-hybridized carbons (Fsp3) is 1.00. The van der Waals surface area contributed by atoms with Crippen LogP contribution in [0.15, 0.2) is 0 Å². The van der Waals surface area contributed by atoms with E-state index in [4.69, 9.17) is 0 Å². The van der Waals surface area contributed by atoms with Gasteiger partial charge < -0.3 is 5.32 Å². The van der Waals surface area contributed by atoms with E-state index in [0.717, 1.165) is 12.0 Å². The summed E-state index contributed by atoms with van der Waals surface area (Å²) in [5.74, 6) is 0.956. The Kier molecular flexibility index (Phi) is 4.71. The van der Waals surface area contributed by atoms with E-state index in [1.54, 1.807) is 0 Å². The second kappa shape index (κ2) is 5.92. The second-order valence-electron chi connectivity index (χ2n) is 6.67. The molecule has 1 N–H and O–H groups in total. The number of nitrogens with one attached hydrogen (secondary N) is 1. The van der Waals surface area contributed by atoms with E-state index in [2.05, 4.69) is 37.9 Å². The summed E-state index contributed by atoms with van der Waals surface area (Å²) >= 11 is 0. The molecule has 2 nitrogen and oxygen atoms in total. The van der Waals surface area contributed by atoms with Crippen LogP contribution in [0, 0.1) is 5.92 Å².